The summed E-state index contributed by atoms with van der Waals surface area (Å²) in [5.74, 6) is 0.0289. The van der Waals surface area contributed by atoms with Crippen molar-refractivity contribution in [1.82, 2.24) is 0 Å². The van der Waals surface area contributed by atoms with Crippen LogP contribution in [0.1, 0.15) is 18.4 Å². The molecule has 1 nitrogen and oxygen atoms in total. The van der Waals surface area contributed by atoms with Crippen LogP contribution in [0, 0.1) is 0 Å². The average Bonchev–Trinajstić information content (AvgIpc) is 2.64. The molecule has 3 rings (SSSR count). The molecule has 0 aliphatic carbocycles. The van der Waals surface area contributed by atoms with Gasteiger partial charge in [0.2, 0.25) is 0 Å². The van der Waals surface area contributed by atoms with E-state index < -0.39 is 0 Å². The Balaban J connectivity index is 0.000000164. The highest BCUT2D eigenvalue weighted by Crippen LogP contribution is 2.17. The van der Waals surface area contributed by atoms with E-state index in [-0.39, 0.29) is 5.92 Å². The van der Waals surface area contributed by atoms with Crippen LogP contribution in [0.15, 0.2) is 91.0 Å². The molecule has 0 bridgehead atoms. The lowest BCUT2D eigenvalue weighted by molar-refractivity contribution is -0.108. The highest BCUT2D eigenvalue weighted by Gasteiger charge is 1.99. The molecular formula is C21H20O. The minimum absolute atomic E-state index is 0.0289. The fraction of sp³-hybridized carbons (Fsp3) is 0.0952. The zero-order valence-corrected chi connectivity index (χ0v) is 12.7. The van der Waals surface area contributed by atoms with E-state index in [9.17, 15) is 4.79 Å². The van der Waals surface area contributed by atoms with Crippen molar-refractivity contribution < 1.29 is 4.79 Å². The molecule has 3 aromatic carbocycles. The van der Waals surface area contributed by atoms with E-state index in [1.54, 1.807) is 0 Å². The fourth-order valence-electron chi connectivity index (χ4n) is 2.10. The summed E-state index contributed by atoms with van der Waals surface area (Å²) in [6.45, 7) is 1.89. The van der Waals surface area contributed by atoms with Gasteiger partial charge in [0, 0.05) is 5.92 Å². The van der Waals surface area contributed by atoms with Crippen LogP contribution in [0.2, 0.25) is 0 Å². The maximum absolute atomic E-state index is 10.3. The summed E-state index contributed by atoms with van der Waals surface area (Å²) in [6, 6.07) is 30.5. The molecule has 0 saturated heterocycles. The number of aldehydes is 1. The smallest absolute Gasteiger partial charge is 0.127 e. The van der Waals surface area contributed by atoms with Gasteiger partial charge in [-0.05, 0) is 16.7 Å². The molecule has 0 heterocycles. The van der Waals surface area contributed by atoms with Crippen molar-refractivity contribution in [3.05, 3.63) is 96.6 Å². The van der Waals surface area contributed by atoms with Crippen LogP contribution >= 0.6 is 0 Å². The third-order valence-corrected chi connectivity index (χ3v) is 3.41. The van der Waals surface area contributed by atoms with Crippen molar-refractivity contribution in [3.63, 3.8) is 0 Å². The largest absolute Gasteiger partial charge is 0.303 e. The average molecular weight is 288 g/mol. The Morgan fingerprint density at radius 2 is 1.00 bits per heavy atom. The van der Waals surface area contributed by atoms with Gasteiger partial charge >= 0.3 is 0 Å². The van der Waals surface area contributed by atoms with E-state index in [1.165, 1.54) is 11.1 Å². The number of hydrogen-bond acceptors (Lipinski definition) is 1. The first-order valence-corrected chi connectivity index (χ1v) is 7.42. The highest BCUT2D eigenvalue weighted by molar-refractivity contribution is 5.62. The van der Waals surface area contributed by atoms with Crippen molar-refractivity contribution in [2.45, 2.75) is 12.8 Å². The summed E-state index contributed by atoms with van der Waals surface area (Å²) in [5, 5.41) is 0. The van der Waals surface area contributed by atoms with E-state index in [0.717, 1.165) is 11.8 Å². The second-order valence-corrected chi connectivity index (χ2v) is 5.07. The van der Waals surface area contributed by atoms with E-state index in [2.05, 4.69) is 48.5 Å². The van der Waals surface area contributed by atoms with Crippen LogP contribution in [0.4, 0.5) is 0 Å². The van der Waals surface area contributed by atoms with E-state index >= 15 is 0 Å². The lowest BCUT2D eigenvalue weighted by Crippen LogP contribution is -1.92. The fourth-order valence-corrected chi connectivity index (χ4v) is 2.10. The first-order chi connectivity index (χ1) is 10.8. The maximum Gasteiger partial charge on any atom is 0.127 e. The summed E-state index contributed by atoms with van der Waals surface area (Å²) in [6.07, 6.45) is 0.954. The SMILES string of the molecule is CC(C=O)c1ccccc1.c1ccc(-c2ccccc2)cc1. The molecule has 0 N–H and O–H groups in total. The third-order valence-electron chi connectivity index (χ3n) is 3.41. The molecule has 22 heavy (non-hydrogen) atoms. The Bertz CT molecular complexity index is 623. The lowest BCUT2D eigenvalue weighted by Gasteiger charge is -2.00. The van der Waals surface area contributed by atoms with Gasteiger partial charge in [0.1, 0.15) is 6.29 Å². The van der Waals surface area contributed by atoms with Gasteiger partial charge in [-0.1, -0.05) is 97.9 Å². The summed E-state index contributed by atoms with van der Waals surface area (Å²) >= 11 is 0. The number of carbonyl (C=O) groups excluding carboxylic acids is 1. The van der Waals surface area contributed by atoms with Gasteiger partial charge in [0.05, 0.1) is 0 Å². The number of rotatable bonds is 3. The molecule has 0 radical (unpaired) electrons. The Morgan fingerprint density at radius 1 is 0.636 bits per heavy atom. The molecular weight excluding hydrogens is 268 g/mol. The number of benzene rings is 3. The van der Waals surface area contributed by atoms with Crippen LogP contribution in [0.25, 0.3) is 11.1 Å². The van der Waals surface area contributed by atoms with Crippen LogP contribution in [-0.4, -0.2) is 6.29 Å². The molecule has 0 saturated carbocycles. The summed E-state index contributed by atoms with van der Waals surface area (Å²) < 4.78 is 0. The van der Waals surface area contributed by atoms with Gasteiger partial charge < -0.3 is 4.79 Å². The summed E-state index contributed by atoms with van der Waals surface area (Å²) in [4.78, 5) is 10.3. The van der Waals surface area contributed by atoms with Crippen molar-refractivity contribution >= 4 is 6.29 Å². The van der Waals surface area contributed by atoms with Crippen molar-refractivity contribution in [2.75, 3.05) is 0 Å². The zero-order valence-electron chi connectivity index (χ0n) is 12.7. The molecule has 1 heteroatoms. The molecule has 3 aromatic rings. The Morgan fingerprint density at radius 3 is 1.36 bits per heavy atom. The molecule has 0 aliphatic rings. The van der Waals surface area contributed by atoms with Crippen LogP contribution in [0.3, 0.4) is 0 Å². The van der Waals surface area contributed by atoms with Gasteiger partial charge in [0.25, 0.3) is 0 Å². The van der Waals surface area contributed by atoms with Crippen molar-refractivity contribution in [3.8, 4) is 11.1 Å². The topological polar surface area (TPSA) is 17.1 Å². The van der Waals surface area contributed by atoms with E-state index in [0.29, 0.717) is 0 Å². The number of hydrogen-bond donors (Lipinski definition) is 0. The van der Waals surface area contributed by atoms with Gasteiger partial charge in [-0.25, -0.2) is 0 Å². The second-order valence-electron chi connectivity index (χ2n) is 5.07. The maximum atomic E-state index is 10.3. The zero-order chi connectivity index (χ0) is 15.6. The Labute approximate surface area is 132 Å². The van der Waals surface area contributed by atoms with Gasteiger partial charge in [-0.15, -0.1) is 0 Å². The van der Waals surface area contributed by atoms with Crippen molar-refractivity contribution in [1.29, 1.82) is 0 Å². The monoisotopic (exact) mass is 288 g/mol. The Kier molecular flexibility index (Phi) is 6.13. The van der Waals surface area contributed by atoms with Gasteiger partial charge in [-0.3, -0.25) is 0 Å². The third kappa shape index (κ3) is 4.71. The van der Waals surface area contributed by atoms with Gasteiger partial charge in [0.15, 0.2) is 0 Å². The van der Waals surface area contributed by atoms with E-state index in [1.807, 2.05) is 49.4 Å². The molecule has 1 atom stereocenters. The molecule has 1 unspecified atom stereocenters. The molecule has 110 valence electrons. The first-order valence-electron chi connectivity index (χ1n) is 7.42. The first kappa shape index (κ1) is 15.7. The van der Waals surface area contributed by atoms with E-state index in [4.69, 9.17) is 0 Å². The predicted octanol–water partition coefficient (Wildman–Crippen LogP) is 5.34. The summed E-state index contributed by atoms with van der Waals surface area (Å²) in [5.41, 5.74) is 3.63. The highest BCUT2D eigenvalue weighted by atomic mass is 16.1. The normalized spacial score (nSPS) is 11.0. The standard InChI is InChI=1S/C12H10.C9H10O/c1-3-7-11(8-4-1)12-9-5-2-6-10-12;1-8(7-10)9-5-3-2-4-6-9/h1-10H;2-8H,1H3. The quantitative estimate of drug-likeness (QED) is 0.594. The minimum atomic E-state index is 0.0289. The Hall–Kier alpha value is -2.67. The molecule has 0 spiro atoms. The van der Waals surface area contributed by atoms with Crippen LogP contribution < -0.4 is 0 Å². The minimum Gasteiger partial charge on any atom is -0.303 e. The van der Waals surface area contributed by atoms with Crippen LogP contribution in [0.5, 0.6) is 0 Å². The molecule has 0 amide bonds. The molecule has 0 aromatic heterocycles. The second kappa shape index (κ2) is 8.58. The van der Waals surface area contributed by atoms with Gasteiger partial charge in [-0.2, -0.15) is 0 Å². The predicted molar refractivity (Wildman–Crippen MR) is 92.8 cm³/mol. The number of carbonyl (C=O) groups is 1. The molecule has 0 aliphatic heterocycles. The molecule has 0 fully saturated rings. The van der Waals surface area contributed by atoms with Crippen molar-refractivity contribution in [2.24, 2.45) is 0 Å². The van der Waals surface area contributed by atoms with Crippen LogP contribution in [-0.2, 0) is 4.79 Å². The lowest BCUT2D eigenvalue weighted by atomic mass is 10.0. The summed E-state index contributed by atoms with van der Waals surface area (Å²) in [7, 11) is 0.